The quantitative estimate of drug-likeness (QED) is 0.706. The monoisotopic (exact) mass is 334 g/mol. The minimum absolute atomic E-state index is 0.0669. The van der Waals surface area contributed by atoms with Crippen LogP contribution in [-0.2, 0) is 5.75 Å². The molecule has 0 fully saturated rings. The molecular weight excluding hydrogens is 324 g/mol. The minimum atomic E-state index is -1.01. The first-order chi connectivity index (χ1) is 10.2. The molecule has 0 bridgehead atoms. The number of carboxylic acid groups (broad SMARTS) is 1. The Labute approximate surface area is 133 Å². The molecule has 4 nitrogen and oxygen atoms in total. The fourth-order valence-electron chi connectivity index (χ4n) is 1.67. The average Bonchev–Trinajstić information content (AvgIpc) is 3.16. The molecule has 3 aromatic rings. The van der Waals surface area contributed by atoms with E-state index in [1.54, 1.807) is 40.5 Å². The second-order valence-electron chi connectivity index (χ2n) is 4.13. The molecule has 0 amide bonds. The molecule has 0 aliphatic heterocycles. The number of aromatic carboxylic acids is 1. The lowest BCUT2D eigenvalue weighted by atomic mass is 10.3. The molecular formula is C14H10N2O2S3. The molecule has 3 aromatic heterocycles. The molecule has 0 saturated heterocycles. The number of aromatic nitrogens is 2. The van der Waals surface area contributed by atoms with Gasteiger partial charge in [0.25, 0.3) is 0 Å². The van der Waals surface area contributed by atoms with Crippen molar-refractivity contribution in [1.82, 2.24) is 9.97 Å². The molecule has 0 aromatic carbocycles. The van der Waals surface area contributed by atoms with Gasteiger partial charge in [0.15, 0.2) is 0 Å². The molecule has 0 spiro atoms. The highest BCUT2D eigenvalue weighted by Crippen LogP contribution is 2.29. The van der Waals surface area contributed by atoms with Crippen LogP contribution in [0.25, 0.3) is 10.6 Å². The van der Waals surface area contributed by atoms with E-state index in [0.717, 1.165) is 21.2 Å². The number of nitrogens with zero attached hydrogens (tertiary/aromatic N) is 2. The first-order valence-corrected chi connectivity index (χ1v) is 8.82. The van der Waals surface area contributed by atoms with E-state index in [9.17, 15) is 4.79 Å². The Morgan fingerprint density at radius 1 is 1.33 bits per heavy atom. The van der Waals surface area contributed by atoms with Crippen LogP contribution in [0, 0.1) is 0 Å². The predicted molar refractivity (Wildman–Crippen MR) is 86.2 cm³/mol. The highest BCUT2D eigenvalue weighted by molar-refractivity contribution is 7.98. The number of carbonyl (C=O) groups is 1. The number of rotatable bonds is 5. The van der Waals surface area contributed by atoms with Crippen LogP contribution in [0.1, 0.15) is 16.2 Å². The van der Waals surface area contributed by atoms with Gasteiger partial charge in [0, 0.05) is 33.2 Å². The van der Waals surface area contributed by atoms with Crippen molar-refractivity contribution >= 4 is 40.4 Å². The molecule has 0 aliphatic rings. The first kappa shape index (κ1) is 14.2. The van der Waals surface area contributed by atoms with E-state index in [0.29, 0.717) is 5.75 Å². The van der Waals surface area contributed by atoms with Gasteiger partial charge in [0.2, 0.25) is 0 Å². The summed E-state index contributed by atoms with van der Waals surface area (Å²) in [6.07, 6.45) is 1.52. The Hall–Kier alpha value is -1.70. The summed E-state index contributed by atoms with van der Waals surface area (Å²) < 4.78 is 0. The standard InChI is InChI=1S/C14H10N2O2S3/c17-14(18)12-5-11(1-3-15-12)20-7-10-8-21-13(16-10)9-2-4-19-6-9/h1-6,8H,7H2,(H,17,18). The van der Waals surface area contributed by atoms with Crippen molar-refractivity contribution in [2.45, 2.75) is 10.6 Å². The fourth-order valence-corrected chi connectivity index (χ4v) is 4.12. The van der Waals surface area contributed by atoms with Crippen LogP contribution in [0.3, 0.4) is 0 Å². The molecule has 21 heavy (non-hydrogen) atoms. The van der Waals surface area contributed by atoms with Gasteiger partial charge in [-0.3, -0.25) is 0 Å². The summed E-state index contributed by atoms with van der Waals surface area (Å²) in [4.78, 5) is 20.2. The van der Waals surface area contributed by atoms with Crippen LogP contribution >= 0.6 is 34.4 Å². The topological polar surface area (TPSA) is 63.1 Å². The Morgan fingerprint density at radius 3 is 3.00 bits per heavy atom. The van der Waals surface area contributed by atoms with Crippen molar-refractivity contribution in [2.75, 3.05) is 0 Å². The van der Waals surface area contributed by atoms with E-state index < -0.39 is 5.97 Å². The molecule has 1 N–H and O–H groups in total. The number of hydrogen-bond donors (Lipinski definition) is 1. The number of thiophene rings is 1. The van der Waals surface area contributed by atoms with Crippen LogP contribution < -0.4 is 0 Å². The third kappa shape index (κ3) is 3.49. The maximum Gasteiger partial charge on any atom is 0.354 e. The Bertz CT molecular complexity index is 753. The third-order valence-electron chi connectivity index (χ3n) is 2.66. The van der Waals surface area contributed by atoms with Crippen molar-refractivity contribution in [2.24, 2.45) is 0 Å². The molecule has 106 valence electrons. The van der Waals surface area contributed by atoms with Gasteiger partial charge in [0.05, 0.1) is 5.69 Å². The van der Waals surface area contributed by atoms with Crippen molar-refractivity contribution in [3.8, 4) is 10.6 Å². The van der Waals surface area contributed by atoms with Gasteiger partial charge in [-0.25, -0.2) is 14.8 Å². The predicted octanol–water partition coefficient (Wildman–Crippen LogP) is 4.26. The van der Waals surface area contributed by atoms with Gasteiger partial charge in [0.1, 0.15) is 10.7 Å². The fraction of sp³-hybridized carbons (Fsp3) is 0.0714. The summed E-state index contributed by atoms with van der Waals surface area (Å²) in [6, 6.07) is 5.45. The van der Waals surface area contributed by atoms with Crippen LogP contribution in [0.4, 0.5) is 0 Å². The van der Waals surface area contributed by atoms with Crippen LogP contribution in [0.15, 0.2) is 45.4 Å². The number of thiazole rings is 1. The Kier molecular flexibility index (Phi) is 4.33. The largest absolute Gasteiger partial charge is 0.477 e. The van der Waals surface area contributed by atoms with Gasteiger partial charge >= 0.3 is 5.97 Å². The number of carboxylic acids is 1. The third-order valence-corrected chi connectivity index (χ3v) is 5.31. The van der Waals surface area contributed by atoms with Crippen molar-refractivity contribution in [3.63, 3.8) is 0 Å². The zero-order chi connectivity index (χ0) is 14.7. The van der Waals surface area contributed by atoms with Gasteiger partial charge in [-0.2, -0.15) is 11.3 Å². The lowest BCUT2D eigenvalue weighted by Crippen LogP contribution is -1.99. The van der Waals surface area contributed by atoms with Crippen molar-refractivity contribution < 1.29 is 9.90 Å². The number of pyridine rings is 1. The molecule has 0 saturated carbocycles. The maximum absolute atomic E-state index is 10.9. The minimum Gasteiger partial charge on any atom is -0.477 e. The summed E-state index contributed by atoms with van der Waals surface area (Å²) in [5, 5.41) is 16.1. The van der Waals surface area contributed by atoms with Crippen LogP contribution in [0.5, 0.6) is 0 Å². The van der Waals surface area contributed by atoms with Gasteiger partial charge < -0.3 is 5.11 Å². The lowest BCUT2D eigenvalue weighted by Gasteiger charge is -2.00. The second kappa shape index (κ2) is 6.38. The first-order valence-electron chi connectivity index (χ1n) is 6.01. The van der Waals surface area contributed by atoms with Gasteiger partial charge in [-0.1, -0.05) is 0 Å². The Morgan fingerprint density at radius 2 is 2.24 bits per heavy atom. The lowest BCUT2D eigenvalue weighted by molar-refractivity contribution is 0.0690. The molecule has 3 rings (SSSR count). The summed E-state index contributed by atoms with van der Waals surface area (Å²) in [7, 11) is 0. The van der Waals surface area contributed by atoms with Crippen LogP contribution in [-0.4, -0.2) is 21.0 Å². The van der Waals surface area contributed by atoms with E-state index in [1.165, 1.54) is 6.20 Å². The summed E-state index contributed by atoms with van der Waals surface area (Å²) >= 11 is 4.84. The molecule has 0 unspecified atom stereocenters. The van der Waals surface area contributed by atoms with Gasteiger partial charge in [-0.05, 0) is 23.6 Å². The summed E-state index contributed by atoms with van der Waals surface area (Å²) in [6.45, 7) is 0. The van der Waals surface area contributed by atoms with E-state index in [4.69, 9.17) is 5.11 Å². The highest BCUT2D eigenvalue weighted by atomic mass is 32.2. The van der Waals surface area contributed by atoms with E-state index in [2.05, 4.69) is 21.4 Å². The average molecular weight is 334 g/mol. The zero-order valence-electron chi connectivity index (χ0n) is 10.7. The molecule has 0 atom stereocenters. The molecule has 0 aliphatic carbocycles. The number of hydrogen-bond acceptors (Lipinski definition) is 6. The second-order valence-corrected chi connectivity index (χ2v) is 6.81. The molecule has 7 heteroatoms. The van der Waals surface area contributed by atoms with E-state index in [1.807, 2.05) is 16.8 Å². The number of thioether (sulfide) groups is 1. The summed E-state index contributed by atoms with van der Waals surface area (Å²) in [5.41, 5.74) is 2.22. The maximum atomic E-state index is 10.9. The summed E-state index contributed by atoms with van der Waals surface area (Å²) in [5.74, 6) is -0.296. The van der Waals surface area contributed by atoms with E-state index in [-0.39, 0.29) is 5.69 Å². The SMILES string of the molecule is O=C(O)c1cc(SCc2csc(-c3ccsc3)n2)ccn1. The van der Waals surface area contributed by atoms with Gasteiger partial charge in [-0.15, -0.1) is 23.1 Å². The normalized spacial score (nSPS) is 10.7. The molecule has 0 radical (unpaired) electrons. The smallest absolute Gasteiger partial charge is 0.354 e. The van der Waals surface area contributed by atoms with Crippen LogP contribution in [0.2, 0.25) is 0 Å². The Balaban J connectivity index is 1.68. The van der Waals surface area contributed by atoms with Crippen molar-refractivity contribution in [3.05, 3.63) is 51.9 Å². The van der Waals surface area contributed by atoms with E-state index >= 15 is 0 Å². The highest BCUT2D eigenvalue weighted by Gasteiger charge is 2.08. The molecule has 3 heterocycles. The zero-order valence-corrected chi connectivity index (χ0v) is 13.2. The van der Waals surface area contributed by atoms with Crippen molar-refractivity contribution in [1.29, 1.82) is 0 Å².